The maximum Gasteiger partial charge on any atom is 0.119 e. The van der Waals surface area contributed by atoms with Crippen LogP contribution >= 0.6 is 0 Å². The molecule has 21 heavy (non-hydrogen) atoms. The fraction of sp³-hybridized carbons (Fsp3) is 0.600. The van der Waals surface area contributed by atoms with Gasteiger partial charge in [-0.3, -0.25) is 0 Å². The van der Waals surface area contributed by atoms with E-state index in [0.29, 0.717) is 5.92 Å². The minimum absolute atomic E-state index is 0.633. The Balaban J connectivity index is 2.27. The lowest BCUT2D eigenvalue weighted by molar-refractivity contribution is 0.279. The van der Waals surface area contributed by atoms with Crippen molar-refractivity contribution in [1.82, 2.24) is 0 Å². The maximum absolute atomic E-state index is 5.86. The second-order valence-corrected chi connectivity index (χ2v) is 6.48. The number of rotatable bonds is 9. The molecule has 1 heteroatoms. The van der Waals surface area contributed by atoms with E-state index in [1.54, 1.807) is 0 Å². The Labute approximate surface area is 131 Å². The SMILES string of the molecule is CCC(C)c1ccc(OCCC(C)CCC=C(C)C)cc1. The average molecular weight is 288 g/mol. The molecule has 0 radical (unpaired) electrons. The molecule has 1 nitrogen and oxygen atoms in total. The van der Waals surface area contributed by atoms with E-state index in [9.17, 15) is 0 Å². The second-order valence-electron chi connectivity index (χ2n) is 6.48. The number of ether oxygens (including phenoxy) is 1. The molecule has 0 saturated carbocycles. The van der Waals surface area contributed by atoms with E-state index >= 15 is 0 Å². The second kappa shape index (κ2) is 9.65. The van der Waals surface area contributed by atoms with E-state index in [4.69, 9.17) is 4.74 Å². The van der Waals surface area contributed by atoms with Crippen molar-refractivity contribution in [3.05, 3.63) is 41.5 Å². The van der Waals surface area contributed by atoms with Crippen molar-refractivity contribution in [3.63, 3.8) is 0 Å². The molecular weight excluding hydrogens is 256 g/mol. The average Bonchev–Trinajstić information content (AvgIpc) is 2.46. The van der Waals surface area contributed by atoms with Crippen LogP contribution in [0.4, 0.5) is 0 Å². The van der Waals surface area contributed by atoms with Crippen LogP contribution in [0, 0.1) is 5.92 Å². The highest BCUT2D eigenvalue weighted by molar-refractivity contribution is 5.29. The molecule has 2 unspecified atom stereocenters. The van der Waals surface area contributed by atoms with Crippen molar-refractivity contribution >= 4 is 0 Å². The Morgan fingerprint density at radius 1 is 1.10 bits per heavy atom. The normalized spacial score (nSPS) is 13.6. The highest BCUT2D eigenvalue weighted by Crippen LogP contribution is 2.22. The molecule has 0 amide bonds. The fourth-order valence-corrected chi connectivity index (χ4v) is 2.31. The van der Waals surface area contributed by atoms with Crippen LogP contribution in [0.3, 0.4) is 0 Å². The molecule has 2 atom stereocenters. The molecule has 1 aromatic carbocycles. The van der Waals surface area contributed by atoms with Crippen molar-refractivity contribution in [3.8, 4) is 5.75 Å². The van der Waals surface area contributed by atoms with Crippen molar-refractivity contribution in [1.29, 1.82) is 0 Å². The molecule has 0 fully saturated rings. The molecule has 0 aliphatic rings. The van der Waals surface area contributed by atoms with Crippen LogP contribution in [0.25, 0.3) is 0 Å². The Morgan fingerprint density at radius 2 is 1.76 bits per heavy atom. The first kappa shape index (κ1) is 17.8. The monoisotopic (exact) mass is 288 g/mol. The first-order valence-corrected chi connectivity index (χ1v) is 8.39. The van der Waals surface area contributed by atoms with E-state index in [1.165, 1.54) is 30.4 Å². The van der Waals surface area contributed by atoms with Crippen LogP contribution < -0.4 is 4.74 Å². The summed E-state index contributed by atoms with van der Waals surface area (Å²) in [7, 11) is 0. The van der Waals surface area contributed by atoms with Gasteiger partial charge in [0.05, 0.1) is 6.61 Å². The van der Waals surface area contributed by atoms with Gasteiger partial charge in [0, 0.05) is 0 Å². The summed E-state index contributed by atoms with van der Waals surface area (Å²) in [4.78, 5) is 0. The molecular formula is C20H32O. The fourth-order valence-electron chi connectivity index (χ4n) is 2.31. The third-order valence-electron chi connectivity index (χ3n) is 4.15. The Kier molecular flexibility index (Phi) is 8.19. The highest BCUT2D eigenvalue weighted by Gasteiger charge is 2.04. The van der Waals surface area contributed by atoms with Crippen LogP contribution in [-0.4, -0.2) is 6.61 Å². The van der Waals surface area contributed by atoms with E-state index in [-0.39, 0.29) is 0 Å². The lowest BCUT2D eigenvalue weighted by Gasteiger charge is -2.13. The van der Waals surface area contributed by atoms with Gasteiger partial charge in [0.25, 0.3) is 0 Å². The summed E-state index contributed by atoms with van der Waals surface area (Å²) in [5.74, 6) is 2.35. The van der Waals surface area contributed by atoms with E-state index in [2.05, 4.69) is 65.0 Å². The van der Waals surface area contributed by atoms with Gasteiger partial charge in [0.15, 0.2) is 0 Å². The number of hydrogen-bond donors (Lipinski definition) is 0. The molecule has 0 heterocycles. The summed E-state index contributed by atoms with van der Waals surface area (Å²) < 4.78 is 5.86. The van der Waals surface area contributed by atoms with Gasteiger partial charge in [-0.05, 0) is 69.1 Å². The Hall–Kier alpha value is -1.24. The van der Waals surface area contributed by atoms with Crippen LogP contribution in [0.2, 0.25) is 0 Å². The quantitative estimate of drug-likeness (QED) is 0.481. The zero-order valence-electron chi connectivity index (χ0n) is 14.5. The summed E-state index contributed by atoms with van der Waals surface area (Å²) in [6.45, 7) is 12.0. The van der Waals surface area contributed by atoms with Crippen LogP contribution in [0.5, 0.6) is 5.75 Å². The molecule has 0 bridgehead atoms. The molecule has 0 aliphatic heterocycles. The van der Waals surface area contributed by atoms with E-state index in [1.807, 2.05) is 0 Å². The summed E-state index contributed by atoms with van der Waals surface area (Å²) in [5.41, 5.74) is 2.82. The molecule has 0 aromatic heterocycles. The predicted molar refractivity (Wildman–Crippen MR) is 93.1 cm³/mol. The van der Waals surface area contributed by atoms with E-state index < -0.39 is 0 Å². The summed E-state index contributed by atoms with van der Waals surface area (Å²) in [6.07, 6.45) is 7.08. The zero-order chi connectivity index (χ0) is 15.7. The van der Waals surface area contributed by atoms with Crippen LogP contribution in [-0.2, 0) is 0 Å². The Bertz CT molecular complexity index is 412. The third-order valence-corrected chi connectivity index (χ3v) is 4.15. The third kappa shape index (κ3) is 7.36. The van der Waals surface area contributed by atoms with Crippen molar-refractivity contribution < 1.29 is 4.74 Å². The molecule has 1 rings (SSSR count). The van der Waals surface area contributed by atoms with E-state index in [0.717, 1.165) is 24.7 Å². The molecule has 0 aliphatic carbocycles. The summed E-state index contributed by atoms with van der Waals surface area (Å²) in [5, 5.41) is 0. The topological polar surface area (TPSA) is 9.23 Å². The molecule has 1 aromatic rings. The standard InChI is InChI=1S/C20H32O/c1-6-18(5)19-10-12-20(13-11-19)21-15-14-17(4)9-7-8-16(2)3/h8,10-13,17-18H,6-7,9,14-15H2,1-5H3. The molecule has 0 spiro atoms. The lowest BCUT2D eigenvalue weighted by Crippen LogP contribution is -2.04. The summed E-state index contributed by atoms with van der Waals surface area (Å²) >= 11 is 0. The largest absolute Gasteiger partial charge is 0.494 e. The number of benzene rings is 1. The van der Waals surface area contributed by atoms with Gasteiger partial charge in [-0.15, -0.1) is 0 Å². The van der Waals surface area contributed by atoms with Gasteiger partial charge in [0.1, 0.15) is 5.75 Å². The molecule has 118 valence electrons. The lowest BCUT2D eigenvalue weighted by atomic mass is 9.99. The minimum Gasteiger partial charge on any atom is -0.494 e. The smallest absolute Gasteiger partial charge is 0.119 e. The maximum atomic E-state index is 5.86. The van der Waals surface area contributed by atoms with Gasteiger partial charge in [-0.2, -0.15) is 0 Å². The van der Waals surface area contributed by atoms with Gasteiger partial charge >= 0.3 is 0 Å². The minimum atomic E-state index is 0.633. The number of allylic oxidation sites excluding steroid dienone is 2. The number of hydrogen-bond acceptors (Lipinski definition) is 1. The van der Waals surface area contributed by atoms with Gasteiger partial charge < -0.3 is 4.74 Å². The summed E-state index contributed by atoms with van der Waals surface area (Å²) in [6, 6.07) is 8.61. The van der Waals surface area contributed by atoms with Crippen LogP contribution in [0.1, 0.15) is 71.8 Å². The van der Waals surface area contributed by atoms with Crippen molar-refractivity contribution in [2.45, 2.75) is 66.2 Å². The Morgan fingerprint density at radius 3 is 2.33 bits per heavy atom. The van der Waals surface area contributed by atoms with Crippen molar-refractivity contribution in [2.24, 2.45) is 5.92 Å². The first-order chi connectivity index (χ1) is 10.0. The van der Waals surface area contributed by atoms with Gasteiger partial charge in [-0.25, -0.2) is 0 Å². The van der Waals surface area contributed by atoms with Crippen LogP contribution in [0.15, 0.2) is 35.9 Å². The van der Waals surface area contributed by atoms with Gasteiger partial charge in [-0.1, -0.05) is 44.6 Å². The molecule has 0 N–H and O–H groups in total. The van der Waals surface area contributed by atoms with Gasteiger partial charge in [0.2, 0.25) is 0 Å². The zero-order valence-corrected chi connectivity index (χ0v) is 14.5. The predicted octanol–water partition coefficient (Wildman–Crippen LogP) is 6.35. The first-order valence-electron chi connectivity index (χ1n) is 8.39. The van der Waals surface area contributed by atoms with Crippen molar-refractivity contribution in [2.75, 3.05) is 6.61 Å². The highest BCUT2D eigenvalue weighted by atomic mass is 16.5. The molecule has 0 saturated heterocycles.